The quantitative estimate of drug-likeness (QED) is 0.848. The van der Waals surface area contributed by atoms with Gasteiger partial charge in [0.2, 0.25) is 0 Å². The molecule has 4 rings (SSSR count). The normalized spacial score (nSPS) is 21.0. The molecular formula is C19H23N5O3. The number of imidazole rings is 1. The number of likely N-dealkylation sites (tertiary alicyclic amines) is 1. The van der Waals surface area contributed by atoms with Gasteiger partial charge in [-0.25, -0.2) is 4.98 Å². The molecule has 2 amide bonds. The number of hydrogen-bond acceptors (Lipinski definition) is 5. The summed E-state index contributed by atoms with van der Waals surface area (Å²) in [6.45, 7) is 3.43. The van der Waals surface area contributed by atoms with Crippen LogP contribution in [0.15, 0.2) is 30.7 Å². The summed E-state index contributed by atoms with van der Waals surface area (Å²) in [5.41, 5.74) is 0.832. The maximum atomic E-state index is 12.8. The first-order valence-electron chi connectivity index (χ1n) is 9.15. The zero-order chi connectivity index (χ0) is 19.0. The van der Waals surface area contributed by atoms with Crippen molar-refractivity contribution in [2.24, 2.45) is 0 Å². The van der Waals surface area contributed by atoms with Crippen molar-refractivity contribution in [2.75, 3.05) is 20.1 Å². The molecule has 2 aliphatic rings. The Morgan fingerprint density at radius 1 is 1.26 bits per heavy atom. The van der Waals surface area contributed by atoms with E-state index in [1.807, 2.05) is 28.7 Å². The van der Waals surface area contributed by atoms with Crippen LogP contribution in [0.25, 0.3) is 0 Å². The summed E-state index contributed by atoms with van der Waals surface area (Å²) in [6.07, 6.45) is 5.88. The number of piperidine rings is 1. The fourth-order valence-electron chi connectivity index (χ4n) is 3.88. The molecular weight excluding hydrogens is 346 g/mol. The van der Waals surface area contributed by atoms with E-state index >= 15 is 0 Å². The third-order valence-corrected chi connectivity index (χ3v) is 5.41. The van der Waals surface area contributed by atoms with Crippen molar-refractivity contribution >= 4 is 11.8 Å². The van der Waals surface area contributed by atoms with Gasteiger partial charge in [0.15, 0.2) is 6.10 Å². The number of rotatable bonds is 2. The van der Waals surface area contributed by atoms with Gasteiger partial charge in [-0.1, -0.05) is 0 Å². The number of hydrogen-bond donors (Lipinski definition) is 1. The Balaban J connectivity index is 1.53. The first-order chi connectivity index (χ1) is 13.0. The highest BCUT2D eigenvalue weighted by Gasteiger charge is 2.47. The highest BCUT2D eigenvalue weighted by molar-refractivity contribution is 5.94. The lowest BCUT2D eigenvalue weighted by molar-refractivity contribution is -0.171. The smallest absolute Gasteiger partial charge is 0.255 e. The van der Waals surface area contributed by atoms with Crippen LogP contribution < -0.4 is 5.32 Å². The minimum atomic E-state index is -0.638. The third-order valence-electron chi connectivity index (χ3n) is 5.41. The van der Waals surface area contributed by atoms with Crippen molar-refractivity contribution in [3.05, 3.63) is 47.8 Å². The molecule has 1 atom stereocenters. The molecule has 27 heavy (non-hydrogen) atoms. The minimum Gasteiger partial charge on any atom is -0.357 e. The van der Waals surface area contributed by atoms with Gasteiger partial charge in [0.1, 0.15) is 11.4 Å². The summed E-state index contributed by atoms with van der Waals surface area (Å²) in [7, 11) is 1.61. The number of nitrogens with one attached hydrogen (secondary N) is 1. The van der Waals surface area contributed by atoms with E-state index in [0.29, 0.717) is 38.0 Å². The van der Waals surface area contributed by atoms with Crippen molar-refractivity contribution < 1.29 is 14.3 Å². The standard InChI is InChI=1S/C19H23N5O3/c1-13-3-4-14(11-22-13)17(26)23-8-5-19(6-9-23)18-21-7-10-24(18)12-15(27-19)16(25)20-2/h3-4,7,10-11,15H,5-6,8-9,12H2,1-2H3,(H,20,25). The number of aryl methyl sites for hydroxylation is 1. The molecule has 0 bridgehead atoms. The average molecular weight is 369 g/mol. The van der Waals surface area contributed by atoms with E-state index in [4.69, 9.17) is 4.74 Å². The lowest BCUT2D eigenvalue weighted by Crippen LogP contribution is -2.54. The predicted molar refractivity (Wildman–Crippen MR) is 97.0 cm³/mol. The van der Waals surface area contributed by atoms with Gasteiger partial charge >= 0.3 is 0 Å². The molecule has 1 fully saturated rings. The zero-order valence-electron chi connectivity index (χ0n) is 15.5. The van der Waals surface area contributed by atoms with Crippen molar-refractivity contribution in [3.63, 3.8) is 0 Å². The number of amides is 2. The van der Waals surface area contributed by atoms with Crippen LogP contribution in [0.4, 0.5) is 0 Å². The number of ether oxygens (including phenoxy) is 1. The number of nitrogens with zero attached hydrogens (tertiary/aromatic N) is 4. The molecule has 8 nitrogen and oxygen atoms in total. The molecule has 2 aliphatic heterocycles. The van der Waals surface area contributed by atoms with Gasteiger partial charge in [0, 0.05) is 57.3 Å². The van der Waals surface area contributed by atoms with Crippen molar-refractivity contribution in [1.29, 1.82) is 0 Å². The first-order valence-corrected chi connectivity index (χ1v) is 9.15. The highest BCUT2D eigenvalue weighted by Crippen LogP contribution is 2.40. The molecule has 4 heterocycles. The predicted octanol–water partition coefficient (Wildman–Crippen LogP) is 0.863. The lowest BCUT2D eigenvalue weighted by Gasteiger charge is -2.45. The van der Waals surface area contributed by atoms with E-state index in [9.17, 15) is 9.59 Å². The second-order valence-corrected chi connectivity index (χ2v) is 7.10. The number of fused-ring (bicyclic) bond motifs is 2. The van der Waals surface area contributed by atoms with E-state index in [0.717, 1.165) is 11.5 Å². The van der Waals surface area contributed by atoms with Crippen molar-refractivity contribution in [1.82, 2.24) is 24.8 Å². The molecule has 2 aromatic rings. The molecule has 0 aliphatic carbocycles. The summed E-state index contributed by atoms with van der Waals surface area (Å²) in [4.78, 5) is 35.4. The largest absolute Gasteiger partial charge is 0.357 e. The molecule has 1 saturated heterocycles. The summed E-state index contributed by atoms with van der Waals surface area (Å²) in [5.74, 6) is 0.670. The Morgan fingerprint density at radius 3 is 2.70 bits per heavy atom. The molecule has 1 spiro atoms. The molecule has 142 valence electrons. The first kappa shape index (κ1) is 17.7. The van der Waals surface area contributed by atoms with Crippen LogP contribution in [0, 0.1) is 6.92 Å². The molecule has 0 aromatic carbocycles. The van der Waals surface area contributed by atoms with Gasteiger partial charge in [-0.05, 0) is 19.1 Å². The summed E-state index contributed by atoms with van der Waals surface area (Å²) in [6, 6.07) is 3.65. The summed E-state index contributed by atoms with van der Waals surface area (Å²) in [5, 5.41) is 2.66. The highest BCUT2D eigenvalue weighted by atomic mass is 16.5. The van der Waals surface area contributed by atoms with Gasteiger partial charge in [-0.15, -0.1) is 0 Å². The number of pyridine rings is 1. The van der Waals surface area contributed by atoms with Crippen LogP contribution in [-0.2, 0) is 21.7 Å². The molecule has 0 radical (unpaired) electrons. The summed E-state index contributed by atoms with van der Waals surface area (Å²) >= 11 is 0. The average Bonchev–Trinajstić information content (AvgIpc) is 3.18. The van der Waals surface area contributed by atoms with Crippen molar-refractivity contribution in [2.45, 2.75) is 38.0 Å². The molecule has 2 aromatic heterocycles. The van der Waals surface area contributed by atoms with Gasteiger partial charge in [0.05, 0.1) is 12.1 Å². The Hall–Kier alpha value is -2.74. The Kier molecular flexibility index (Phi) is 4.43. The lowest BCUT2D eigenvalue weighted by atomic mass is 9.88. The Morgan fingerprint density at radius 2 is 2.04 bits per heavy atom. The summed E-state index contributed by atoms with van der Waals surface area (Å²) < 4.78 is 8.25. The Bertz CT molecular complexity index is 852. The number of carbonyl (C=O) groups excluding carboxylic acids is 2. The molecule has 8 heteroatoms. The van der Waals surface area contributed by atoms with Gasteiger partial charge < -0.3 is 19.5 Å². The second kappa shape index (κ2) is 6.77. The molecule has 0 saturated carbocycles. The van der Waals surface area contributed by atoms with Crippen LogP contribution in [0.2, 0.25) is 0 Å². The van der Waals surface area contributed by atoms with Gasteiger partial charge in [-0.2, -0.15) is 0 Å². The zero-order valence-corrected chi connectivity index (χ0v) is 15.5. The maximum absolute atomic E-state index is 12.8. The van der Waals surface area contributed by atoms with E-state index in [2.05, 4.69) is 15.3 Å². The van der Waals surface area contributed by atoms with Crippen LogP contribution in [-0.4, -0.2) is 57.5 Å². The number of aromatic nitrogens is 3. The third kappa shape index (κ3) is 3.10. The van der Waals surface area contributed by atoms with E-state index in [1.54, 1.807) is 25.5 Å². The number of likely N-dealkylation sites (N-methyl/N-ethyl adjacent to an activating group) is 1. The van der Waals surface area contributed by atoms with Gasteiger partial charge in [0.25, 0.3) is 11.8 Å². The SMILES string of the molecule is CNC(=O)C1Cn2ccnc2C2(CCN(C(=O)c3ccc(C)nc3)CC2)O1. The van der Waals surface area contributed by atoms with Crippen LogP contribution in [0.3, 0.4) is 0 Å². The molecule has 1 unspecified atom stereocenters. The van der Waals surface area contributed by atoms with E-state index in [1.165, 1.54) is 0 Å². The monoisotopic (exact) mass is 369 g/mol. The second-order valence-electron chi connectivity index (χ2n) is 7.10. The van der Waals surface area contributed by atoms with Gasteiger partial charge in [-0.3, -0.25) is 14.6 Å². The minimum absolute atomic E-state index is 0.0284. The topological polar surface area (TPSA) is 89.4 Å². The maximum Gasteiger partial charge on any atom is 0.255 e. The fraction of sp³-hybridized carbons (Fsp3) is 0.474. The van der Waals surface area contributed by atoms with E-state index < -0.39 is 11.7 Å². The van der Waals surface area contributed by atoms with Crippen molar-refractivity contribution in [3.8, 4) is 0 Å². The fourth-order valence-corrected chi connectivity index (χ4v) is 3.88. The van der Waals surface area contributed by atoms with Crippen LogP contribution >= 0.6 is 0 Å². The number of carbonyl (C=O) groups is 2. The molecule has 1 N–H and O–H groups in total. The van der Waals surface area contributed by atoms with Crippen LogP contribution in [0.5, 0.6) is 0 Å². The Labute approximate surface area is 157 Å². The van der Waals surface area contributed by atoms with Crippen LogP contribution in [0.1, 0.15) is 34.7 Å². The van der Waals surface area contributed by atoms with E-state index in [-0.39, 0.29) is 11.8 Å².